The maximum Gasteiger partial charge on any atom is 0.240 e. The van der Waals surface area contributed by atoms with E-state index in [1.165, 1.54) is 19.1 Å². The summed E-state index contributed by atoms with van der Waals surface area (Å²) < 4.78 is 33.1. The third-order valence-corrected chi connectivity index (χ3v) is 5.45. The van der Waals surface area contributed by atoms with Gasteiger partial charge in [0.25, 0.3) is 0 Å². The van der Waals surface area contributed by atoms with E-state index in [1.54, 1.807) is 12.1 Å². The first-order valence-electron chi connectivity index (χ1n) is 6.74. The van der Waals surface area contributed by atoms with Crippen LogP contribution in [-0.4, -0.2) is 32.5 Å². The monoisotopic (exact) mass is 295 g/mol. The molecule has 20 heavy (non-hydrogen) atoms. The first-order chi connectivity index (χ1) is 9.45. The number of ketones is 1. The van der Waals surface area contributed by atoms with Gasteiger partial charge >= 0.3 is 0 Å². The molecule has 3 atom stereocenters. The van der Waals surface area contributed by atoms with Crippen LogP contribution >= 0.6 is 0 Å². The Balaban J connectivity index is 1.81. The van der Waals surface area contributed by atoms with Crippen LogP contribution < -0.4 is 4.72 Å². The van der Waals surface area contributed by atoms with Crippen molar-refractivity contribution in [2.75, 3.05) is 0 Å². The molecule has 0 amide bonds. The summed E-state index contributed by atoms with van der Waals surface area (Å²) in [6, 6.07) is 5.96. The lowest BCUT2D eigenvalue weighted by atomic mass is 9.96. The standard InChI is InChI=1S/C14H17NO4S/c1-9(16)10-3-2-4-12(7-10)20(17,18)15-13-8-11-5-6-14(13)19-11/h2-4,7,11,13-15H,5-6,8H2,1H3. The molecule has 0 aliphatic carbocycles. The van der Waals surface area contributed by atoms with Crippen LogP contribution in [0.5, 0.6) is 0 Å². The summed E-state index contributed by atoms with van der Waals surface area (Å²) in [5.74, 6) is -0.148. The minimum atomic E-state index is -3.60. The second kappa shape index (κ2) is 4.95. The van der Waals surface area contributed by atoms with Gasteiger partial charge in [-0.2, -0.15) is 0 Å². The van der Waals surface area contributed by atoms with Crippen LogP contribution in [0.15, 0.2) is 29.2 Å². The molecule has 2 bridgehead atoms. The molecule has 108 valence electrons. The number of benzene rings is 1. The molecule has 0 aromatic heterocycles. The summed E-state index contributed by atoms with van der Waals surface area (Å²) in [6.07, 6.45) is 2.84. The minimum Gasteiger partial charge on any atom is -0.373 e. The van der Waals surface area contributed by atoms with Gasteiger partial charge in [-0.3, -0.25) is 4.79 Å². The molecule has 2 fully saturated rings. The number of ether oxygens (including phenoxy) is 1. The Bertz CT molecular complexity index is 640. The van der Waals surface area contributed by atoms with E-state index in [-0.39, 0.29) is 28.9 Å². The fourth-order valence-corrected chi connectivity index (χ4v) is 4.23. The van der Waals surface area contributed by atoms with Gasteiger partial charge in [0.2, 0.25) is 10.0 Å². The zero-order chi connectivity index (χ0) is 14.3. The number of carbonyl (C=O) groups excluding carboxylic acids is 1. The summed E-state index contributed by atoms with van der Waals surface area (Å²) >= 11 is 0. The smallest absolute Gasteiger partial charge is 0.240 e. The molecule has 0 radical (unpaired) electrons. The highest BCUT2D eigenvalue weighted by molar-refractivity contribution is 7.89. The molecule has 6 heteroatoms. The summed E-state index contributed by atoms with van der Waals surface area (Å²) in [5.41, 5.74) is 0.400. The molecule has 2 aliphatic heterocycles. The minimum absolute atomic E-state index is 0.00855. The normalized spacial score (nSPS) is 28.8. The molecule has 3 unspecified atom stereocenters. The molecule has 2 heterocycles. The van der Waals surface area contributed by atoms with Crippen molar-refractivity contribution in [1.29, 1.82) is 0 Å². The van der Waals surface area contributed by atoms with E-state index in [2.05, 4.69) is 4.72 Å². The summed E-state index contributed by atoms with van der Waals surface area (Å²) in [7, 11) is -3.60. The molecule has 5 nitrogen and oxygen atoms in total. The van der Waals surface area contributed by atoms with Crippen LogP contribution in [-0.2, 0) is 14.8 Å². The van der Waals surface area contributed by atoms with Crippen molar-refractivity contribution in [3.8, 4) is 0 Å². The number of nitrogens with one attached hydrogen (secondary N) is 1. The van der Waals surface area contributed by atoms with E-state index in [4.69, 9.17) is 4.74 Å². The van der Waals surface area contributed by atoms with Crippen LogP contribution in [0.2, 0.25) is 0 Å². The van der Waals surface area contributed by atoms with Crippen LogP contribution in [0.4, 0.5) is 0 Å². The quantitative estimate of drug-likeness (QED) is 0.854. The second-order valence-electron chi connectivity index (χ2n) is 5.42. The Labute approximate surface area is 118 Å². The summed E-state index contributed by atoms with van der Waals surface area (Å²) in [4.78, 5) is 11.5. The number of hydrogen-bond donors (Lipinski definition) is 1. The largest absolute Gasteiger partial charge is 0.373 e. The first kappa shape index (κ1) is 13.7. The van der Waals surface area contributed by atoms with E-state index in [9.17, 15) is 13.2 Å². The summed E-state index contributed by atoms with van der Waals surface area (Å²) in [5, 5.41) is 0. The van der Waals surface area contributed by atoms with Gasteiger partial charge in [-0.25, -0.2) is 13.1 Å². The van der Waals surface area contributed by atoms with E-state index in [0.717, 1.165) is 19.3 Å². The molecule has 2 aliphatic rings. The molecular formula is C14H17NO4S. The van der Waals surface area contributed by atoms with E-state index >= 15 is 0 Å². The number of carbonyl (C=O) groups is 1. The topological polar surface area (TPSA) is 72.5 Å². The molecule has 1 N–H and O–H groups in total. The van der Waals surface area contributed by atoms with Crippen LogP contribution in [0, 0.1) is 0 Å². The van der Waals surface area contributed by atoms with Gasteiger partial charge < -0.3 is 4.74 Å². The maximum absolute atomic E-state index is 12.4. The Kier molecular flexibility index (Phi) is 3.40. The molecule has 3 rings (SSSR count). The lowest BCUT2D eigenvalue weighted by Crippen LogP contribution is -2.41. The zero-order valence-electron chi connectivity index (χ0n) is 11.2. The average molecular weight is 295 g/mol. The first-order valence-corrected chi connectivity index (χ1v) is 8.23. The van der Waals surface area contributed by atoms with E-state index < -0.39 is 10.0 Å². The molecule has 2 saturated heterocycles. The van der Waals surface area contributed by atoms with Crippen molar-refractivity contribution in [3.63, 3.8) is 0 Å². The van der Waals surface area contributed by atoms with Crippen molar-refractivity contribution in [1.82, 2.24) is 4.72 Å². The van der Waals surface area contributed by atoms with E-state index in [1.807, 2.05) is 0 Å². The number of sulfonamides is 1. The molecule has 1 aromatic rings. The predicted molar refractivity (Wildman–Crippen MR) is 73.1 cm³/mol. The Morgan fingerprint density at radius 3 is 2.75 bits per heavy atom. The third kappa shape index (κ3) is 2.51. The Morgan fingerprint density at radius 1 is 1.35 bits per heavy atom. The van der Waals surface area contributed by atoms with Crippen LogP contribution in [0.3, 0.4) is 0 Å². The molecular weight excluding hydrogens is 278 g/mol. The highest BCUT2D eigenvalue weighted by Crippen LogP contribution is 2.35. The van der Waals surface area contributed by atoms with Crippen LogP contribution in [0.25, 0.3) is 0 Å². The summed E-state index contributed by atoms with van der Waals surface area (Å²) in [6.45, 7) is 1.42. The number of Topliss-reactive ketones (excluding diaryl/α,β-unsaturated/α-hetero) is 1. The van der Waals surface area contributed by atoms with Gasteiger partial charge in [0, 0.05) is 5.56 Å². The highest BCUT2D eigenvalue weighted by atomic mass is 32.2. The van der Waals surface area contributed by atoms with Crippen molar-refractivity contribution in [2.45, 2.75) is 49.3 Å². The fourth-order valence-electron chi connectivity index (χ4n) is 2.91. The third-order valence-electron chi connectivity index (χ3n) is 3.96. The second-order valence-corrected chi connectivity index (χ2v) is 7.14. The fraction of sp³-hybridized carbons (Fsp3) is 0.500. The number of hydrogen-bond acceptors (Lipinski definition) is 4. The zero-order valence-corrected chi connectivity index (χ0v) is 12.0. The predicted octanol–water partition coefficient (Wildman–Crippen LogP) is 1.49. The molecule has 1 aromatic carbocycles. The van der Waals surface area contributed by atoms with Gasteiger partial charge in [-0.05, 0) is 38.3 Å². The van der Waals surface area contributed by atoms with Gasteiger partial charge in [0.05, 0.1) is 23.1 Å². The Morgan fingerprint density at radius 2 is 2.15 bits per heavy atom. The SMILES string of the molecule is CC(=O)c1cccc(S(=O)(=O)NC2CC3CCC2O3)c1. The van der Waals surface area contributed by atoms with E-state index in [0.29, 0.717) is 5.56 Å². The molecule has 0 spiro atoms. The van der Waals surface area contributed by atoms with Crippen molar-refractivity contribution in [3.05, 3.63) is 29.8 Å². The van der Waals surface area contributed by atoms with Crippen molar-refractivity contribution < 1.29 is 17.9 Å². The number of rotatable bonds is 4. The lowest BCUT2D eigenvalue weighted by molar-refractivity contribution is 0.0995. The van der Waals surface area contributed by atoms with Crippen LogP contribution in [0.1, 0.15) is 36.5 Å². The maximum atomic E-state index is 12.4. The average Bonchev–Trinajstić information content (AvgIpc) is 3.00. The van der Waals surface area contributed by atoms with Gasteiger partial charge in [0.1, 0.15) is 0 Å². The van der Waals surface area contributed by atoms with Gasteiger partial charge in [-0.1, -0.05) is 12.1 Å². The van der Waals surface area contributed by atoms with Gasteiger partial charge in [0.15, 0.2) is 5.78 Å². The van der Waals surface area contributed by atoms with Gasteiger partial charge in [-0.15, -0.1) is 0 Å². The lowest BCUT2D eigenvalue weighted by Gasteiger charge is -2.20. The Hall–Kier alpha value is -1.24. The number of fused-ring (bicyclic) bond motifs is 2. The van der Waals surface area contributed by atoms with Crippen molar-refractivity contribution in [2.24, 2.45) is 0 Å². The molecule has 0 saturated carbocycles. The highest BCUT2D eigenvalue weighted by Gasteiger charge is 2.42. The van der Waals surface area contributed by atoms with Crippen molar-refractivity contribution >= 4 is 15.8 Å².